The summed E-state index contributed by atoms with van der Waals surface area (Å²) in [4.78, 5) is 0. The smallest absolute Gasteiger partial charge is 0.0157 e. The van der Waals surface area contributed by atoms with E-state index in [-0.39, 0.29) is 0 Å². The predicted molar refractivity (Wildman–Crippen MR) is 79.8 cm³/mol. The van der Waals surface area contributed by atoms with Gasteiger partial charge in [0.25, 0.3) is 0 Å². The van der Waals surface area contributed by atoms with Crippen molar-refractivity contribution >= 4 is 0 Å². The molecule has 0 amide bonds. The highest BCUT2D eigenvalue weighted by Crippen LogP contribution is 2.59. The van der Waals surface area contributed by atoms with Gasteiger partial charge in [0.1, 0.15) is 0 Å². The predicted octanol–water partition coefficient (Wildman–Crippen LogP) is 4.76. The normalized spacial score (nSPS) is 35.2. The average molecular weight is 251 g/mol. The van der Waals surface area contributed by atoms with Crippen molar-refractivity contribution in [2.24, 2.45) is 17.3 Å². The summed E-state index contributed by atoms with van der Waals surface area (Å²) in [5.74, 6) is 2.03. The van der Waals surface area contributed by atoms with E-state index in [0.29, 0.717) is 5.41 Å². The monoisotopic (exact) mass is 251 g/mol. The highest BCUT2D eigenvalue weighted by atomic mass is 15.0. The average Bonchev–Trinajstić information content (AvgIpc) is 2.36. The molecular weight excluding hydrogens is 218 g/mol. The zero-order valence-corrected chi connectivity index (χ0v) is 12.8. The van der Waals surface area contributed by atoms with Gasteiger partial charge in [0.15, 0.2) is 0 Å². The number of hydrogen-bond acceptors (Lipinski definition) is 1. The van der Waals surface area contributed by atoms with Crippen molar-refractivity contribution < 1.29 is 0 Å². The maximum absolute atomic E-state index is 3.91. The molecule has 0 aromatic rings. The lowest BCUT2D eigenvalue weighted by Crippen LogP contribution is -2.66. The number of hydrogen-bond donors (Lipinski definition) is 1. The first-order chi connectivity index (χ1) is 8.80. The van der Waals surface area contributed by atoms with Gasteiger partial charge in [-0.15, -0.1) is 0 Å². The summed E-state index contributed by atoms with van der Waals surface area (Å²) >= 11 is 0. The molecule has 1 nitrogen and oxygen atoms in total. The summed E-state index contributed by atoms with van der Waals surface area (Å²) in [6.45, 7) is 8.37. The van der Waals surface area contributed by atoms with Crippen molar-refractivity contribution in [1.82, 2.24) is 5.32 Å². The molecule has 0 aliphatic heterocycles. The van der Waals surface area contributed by atoms with E-state index in [4.69, 9.17) is 0 Å². The molecule has 1 heteroatoms. The molecule has 2 saturated carbocycles. The molecule has 0 spiro atoms. The van der Waals surface area contributed by atoms with Crippen LogP contribution in [0.15, 0.2) is 0 Å². The van der Waals surface area contributed by atoms with Gasteiger partial charge >= 0.3 is 0 Å². The summed E-state index contributed by atoms with van der Waals surface area (Å²) in [7, 11) is 0. The first kappa shape index (κ1) is 14.4. The van der Waals surface area contributed by atoms with E-state index in [1.165, 1.54) is 64.3 Å². The Labute approximate surface area is 114 Å². The van der Waals surface area contributed by atoms with Gasteiger partial charge < -0.3 is 5.32 Å². The first-order valence-electron chi connectivity index (χ1n) is 8.53. The fourth-order valence-corrected chi connectivity index (χ4v) is 5.03. The van der Waals surface area contributed by atoms with Gasteiger partial charge in [0.05, 0.1) is 0 Å². The van der Waals surface area contributed by atoms with Crippen molar-refractivity contribution in [2.75, 3.05) is 6.54 Å². The van der Waals surface area contributed by atoms with Gasteiger partial charge in [-0.1, -0.05) is 46.5 Å². The number of fused-ring (bicyclic) bond motifs is 1. The summed E-state index contributed by atoms with van der Waals surface area (Å²) < 4.78 is 0. The molecule has 18 heavy (non-hydrogen) atoms. The fourth-order valence-electron chi connectivity index (χ4n) is 5.03. The van der Waals surface area contributed by atoms with E-state index in [1.54, 1.807) is 0 Å². The van der Waals surface area contributed by atoms with Crippen LogP contribution >= 0.6 is 0 Å². The van der Waals surface area contributed by atoms with Crippen LogP contribution in [0.2, 0.25) is 0 Å². The molecule has 2 fully saturated rings. The van der Waals surface area contributed by atoms with Crippen LogP contribution in [0.25, 0.3) is 0 Å². The second-order valence-electron chi connectivity index (χ2n) is 6.63. The van der Waals surface area contributed by atoms with Gasteiger partial charge in [0.2, 0.25) is 0 Å². The topological polar surface area (TPSA) is 12.0 Å². The van der Waals surface area contributed by atoms with Gasteiger partial charge in [-0.25, -0.2) is 0 Å². The summed E-state index contributed by atoms with van der Waals surface area (Å²) in [6.07, 6.45) is 13.0. The molecule has 1 N–H and O–H groups in total. The molecule has 0 radical (unpaired) electrons. The van der Waals surface area contributed by atoms with E-state index in [2.05, 4.69) is 26.1 Å². The Morgan fingerprint density at radius 1 is 0.944 bits per heavy atom. The molecule has 2 aliphatic rings. The molecule has 2 aliphatic carbocycles. The van der Waals surface area contributed by atoms with Crippen LogP contribution in [-0.2, 0) is 0 Å². The van der Waals surface area contributed by atoms with Crippen molar-refractivity contribution in [2.45, 2.75) is 84.6 Å². The van der Waals surface area contributed by atoms with Crippen molar-refractivity contribution in [3.63, 3.8) is 0 Å². The molecule has 0 heterocycles. The SMILES string of the molecule is CCCNC1C2CCCCCCC2C1(CC)CC. The Balaban J connectivity index is 2.08. The quantitative estimate of drug-likeness (QED) is 0.743. The van der Waals surface area contributed by atoms with Crippen molar-refractivity contribution in [3.05, 3.63) is 0 Å². The third-order valence-electron chi connectivity index (χ3n) is 6.04. The molecular formula is C17H33N. The van der Waals surface area contributed by atoms with E-state index in [9.17, 15) is 0 Å². The Hall–Kier alpha value is -0.0400. The van der Waals surface area contributed by atoms with Crippen LogP contribution in [0.3, 0.4) is 0 Å². The zero-order valence-electron chi connectivity index (χ0n) is 12.8. The molecule has 0 saturated heterocycles. The third kappa shape index (κ3) is 2.35. The Kier molecular flexibility index (Phi) is 5.12. The number of rotatable bonds is 5. The van der Waals surface area contributed by atoms with Gasteiger partial charge in [-0.05, 0) is 55.9 Å². The van der Waals surface area contributed by atoms with E-state index in [1.807, 2.05) is 0 Å². The maximum Gasteiger partial charge on any atom is 0.0157 e. The van der Waals surface area contributed by atoms with Crippen LogP contribution in [0.4, 0.5) is 0 Å². The zero-order chi connectivity index (χ0) is 13.0. The molecule has 3 atom stereocenters. The lowest BCUT2D eigenvalue weighted by molar-refractivity contribution is -0.108. The highest BCUT2D eigenvalue weighted by molar-refractivity contribution is 5.10. The van der Waals surface area contributed by atoms with E-state index in [0.717, 1.165) is 17.9 Å². The lowest BCUT2D eigenvalue weighted by atomic mass is 9.45. The second kappa shape index (κ2) is 6.41. The van der Waals surface area contributed by atoms with Gasteiger partial charge in [0, 0.05) is 6.04 Å². The number of nitrogens with one attached hydrogen (secondary N) is 1. The third-order valence-corrected chi connectivity index (χ3v) is 6.04. The summed E-state index contributed by atoms with van der Waals surface area (Å²) in [5, 5.41) is 3.91. The van der Waals surface area contributed by atoms with E-state index >= 15 is 0 Å². The molecule has 3 unspecified atom stereocenters. The van der Waals surface area contributed by atoms with Crippen LogP contribution < -0.4 is 5.32 Å². The standard InChI is InChI=1S/C17H33N/c1-4-13-18-16-14-11-9-7-8-10-12-15(14)17(16,5-2)6-3/h14-16,18H,4-13H2,1-3H3. The first-order valence-corrected chi connectivity index (χ1v) is 8.53. The lowest BCUT2D eigenvalue weighted by Gasteiger charge is -2.63. The molecule has 0 aromatic carbocycles. The highest BCUT2D eigenvalue weighted by Gasteiger charge is 2.58. The van der Waals surface area contributed by atoms with Crippen molar-refractivity contribution in [3.8, 4) is 0 Å². The maximum atomic E-state index is 3.91. The minimum atomic E-state index is 0.636. The van der Waals surface area contributed by atoms with Crippen LogP contribution in [0.5, 0.6) is 0 Å². The fraction of sp³-hybridized carbons (Fsp3) is 1.00. The molecule has 2 rings (SSSR count). The molecule has 0 bridgehead atoms. The Bertz CT molecular complexity index is 244. The minimum Gasteiger partial charge on any atom is -0.313 e. The van der Waals surface area contributed by atoms with Crippen LogP contribution in [0.1, 0.15) is 78.6 Å². The minimum absolute atomic E-state index is 0.636. The van der Waals surface area contributed by atoms with E-state index < -0.39 is 0 Å². The van der Waals surface area contributed by atoms with Gasteiger partial charge in [-0.3, -0.25) is 0 Å². The molecule has 106 valence electrons. The molecule has 0 aromatic heterocycles. The summed E-state index contributed by atoms with van der Waals surface area (Å²) in [5.41, 5.74) is 0.636. The Morgan fingerprint density at radius 2 is 1.61 bits per heavy atom. The second-order valence-corrected chi connectivity index (χ2v) is 6.63. The van der Waals surface area contributed by atoms with Gasteiger partial charge in [-0.2, -0.15) is 0 Å². The van der Waals surface area contributed by atoms with Crippen LogP contribution in [-0.4, -0.2) is 12.6 Å². The largest absolute Gasteiger partial charge is 0.313 e. The Morgan fingerprint density at radius 3 is 2.22 bits per heavy atom. The van der Waals surface area contributed by atoms with Crippen LogP contribution in [0, 0.1) is 17.3 Å². The summed E-state index contributed by atoms with van der Waals surface area (Å²) in [6, 6.07) is 0.829. The van der Waals surface area contributed by atoms with Crippen molar-refractivity contribution in [1.29, 1.82) is 0 Å².